The van der Waals surface area contributed by atoms with Crippen LogP contribution in [0.2, 0.25) is 0 Å². The van der Waals surface area contributed by atoms with E-state index >= 15 is 0 Å². The molecule has 6 atom stereocenters. The van der Waals surface area contributed by atoms with Crippen molar-refractivity contribution in [2.24, 2.45) is 28.6 Å². The standard InChI is InChI=1S/C21H30O/c1-4-21(22)14-11-18-16-9-8-15-7-5-6-12-19(15,2)17(16)10-13-20(18,21)3/h4-5,7-8,16-18,22H,1,6,9-14H2,2-3H3/t16-,17+,18+,19+,20+,21+/m1/s1. The summed E-state index contributed by atoms with van der Waals surface area (Å²) >= 11 is 0. The highest BCUT2D eigenvalue weighted by atomic mass is 16.3. The molecule has 22 heavy (non-hydrogen) atoms. The Labute approximate surface area is 135 Å². The van der Waals surface area contributed by atoms with Crippen molar-refractivity contribution < 1.29 is 5.11 Å². The van der Waals surface area contributed by atoms with Crippen LogP contribution in [0.15, 0.2) is 36.5 Å². The third-order valence-electron chi connectivity index (χ3n) is 8.21. The van der Waals surface area contributed by atoms with Gasteiger partial charge in [-0.2, -0.15) is 0 Å². The van der Waals surface area contributed by atoms with Crippen LogP contribution in [0.25, 0.3) is 0 Å². The molecule has 120 valence electrons. The zero-order chi connectivity index (χ0) is 15.6. The first-order chi connectivity index (χ1) is 10.4. The lowest BCUT2D eigenvalue weighted by Gasteiger charge is -2.57. The van der Waals surface area contributed by atoms with Crippen LogP contribution in [0.5, 0.6) is 0 Å². The summed E-state index contributed by atoms with van der Waals surface area (Å²) in [5, 5.41) is 11.1. The lowest BCUT2D eigenvalue weighted by atomic mass is 9.47. The molecule has 0 bridgehead atoms. The summed E-state index contributed by atoms with van der Waals surface area (Å²) in [6.07, 6.45) is 17.4. The van der Waals surface area contributed by atoms with Crippen molar-refractivity contribution in [3.8, 4) is 0 Å². The first-order valence-corrected chi connectivity index (χ1v) is 9.18. The van der Waals surface area contributed by atoms with Crippen LogP contribution in [-0.2, 0) is 0 Å². The maximum atomic E-state index is 11.1. The molecule has 0 amide bonds. The van der Waals surface area contributed by atoms with Crippen LogP contribution in [0.3, 0.4) is 0 Å². The molecule has 0 aromatic heterocycles. The van der Waals surface area contributed by atoms with Gasteiger partial charge in [0, 0.05) is 5.41 Å². The van der Waals surface area contributed by atoms with Gasteiger partial charge in [0.2, 0.25) is 0 Å². The summed E-state index contributed by atoms with van der Waals surface area (Å²) in [6.45, 7) is 8.81. The maximum absolute atomic E-state index is 11.1. The Balaban J connectivity index is 1.73. The minimum absolute atomic E-state index is 0.0438. The highest BCUT2D eigenvalue weighted by molar-refractivity contribution is 5.34. The molecule has 1 heteroatoms. The van der Waals surface area contributed by atoms with E-state index in [1.54, 1.807) is 5.57 Å². The van der Waals surface area contributed by atoms with Crippen LogP contribution in [0, 0.1) is 28.6 Å². The van der Waals surface area contributed by atoms with Crippen LogP contribution < -0.4 is 0 Å². The number of hydrogen-bond donors (Lipinski definition) is 1. The second-order valence-corrected chi connectivity index (χ2v) is 8.75. The van der Waals surface area contributed by atoms with Crippen LogP contribution in [-0.4, -0.2) is 10.7 Å². The van der Waals surface area contributed by atoms with Gasteiger partial charge in [0.1, 0.15) is 0 Å². The number of aliphatic hydroxyl groups is 1. The fraction of sp³-hybridized carbons (Fsp3) is 0.714. The predicted octanol–water partition coefficient (Wildman–Crippen LogP) is 5.03. The van der Waals surface area contributed by atoms with Gasteiger partial charge < -0.3 is 5.11 Å². The molecule has 0 aliphatic heterocycles. The van der Waals surface area contributed by atoms with E-state index in [0.717, 1.165) is 24.7 Å². The molecular weight excluding hydrogens is 268 g/mol. The van der Waals surface area contributed by atoms with Gasteiger partial charge in [0.05, 0.1) is 5.60 Å². The van der Waals surface area contributed by atoms with Crippen LogP contribution in [0.4, 0.5) is 0 Å². The summed E-state index contributed by atoms with van der Waals surface area (Å²) in [5.41, 5.74) is 1.39. The molecule has 0 aromatic rings. The molecule has 4 rings (SSSR count). The van der Waals surface area contributed by atoms with E-state index in [1.165, 1.54) is 32.1 Å². The maximum Gasteiger partial charge on any atom is 0.0881 e. The number of hydrogen-bond acceptors (Lipinski definition) is 1. The van der Waals surface area contributed by atoms with Crippen molar-refractivity contribution in [3.63, 3.8) is 0 Å². The van der Waals surface area contributed by atoms with E-state index < -0.39 is 5.60 Å². The molecule has 0 spiro atoms. The summed E-state index contributed by atoms with van der Waals surface area (Å²) in [7, 11) is 0. The second-order valence-electron chi connectivity index (χ2n) is 8.75. The predicted molar refractivity (Wildman–Crippen MR) is 91.4 cm³/mol. The highest BCUT2D eigenvalue weighted by Gasteiger charge is 2.62. The van der Waals surface area contributed by atoms with Gasteiger partial charge in [-0.3, -0.25) is 0 Å². The van der Waals surface area contributed by atoms with Gasteiger partial charge in [0.25, 0.3) is 0 Å². The number of allylic oxidation sites excluding steroid dienone is 4. The highest BCUT2D eigenvalue weighted by Crippen LogP contribution is 2.66. The molecule has 0 saturated heterocycles. The molecule has 0 unspecified atom stereocenters. The van der Waals surface area contributed by atoms with E-state index in [-0.39, 0.29) is 5.41 Å². The van der Waals surface area contributed by atoms with E-state index in [9.17, 15) is 5.11 Å². The Kier molecular flexibility index (Phi) is 3.08. The topological polar surface area (TPSA) is 20.2 Å². The molecular formula is C21H30O. The van der Waals surface area contributed by atoms with Crippen LogP contribution in [0.1, 0.15) is 58.8 Å². The average Bonchev–Trinajstić information content (AvgIpc) is 2.79. The molecule has 0 heterocycles. The summed E-state index contributed by atoms with van der Waals surface area (Å²) in [6, 6.07) is 0. The van der Waals surface area contributed by atoms with E-state index in [0.29, 0.717) is 11.3 Å². The molecule has 4 aliphatic carbocycles. The Morgan fingerprint density at radius 2 is 1.95 bits per heavy atom. The molecule has 2 fully saturated rings. The fourth-order valence-electron chi connectivity index (χ4n) is 6.69. The number of rotatable bonds is 1. The van der Waals surface area contributed by atoms with Gasteiger partial charge in [-0.1, -0.05) is 38.2 Å². The fourth-order valence-corrected chi connectivity index (χ4v) is 6.69. The average molecular weight is 298 g/mol. The Morgan fingerprint density at radius 3 is 2.73 bits per heavy atom. The summed E-state index contributed by atoms with van der Waals surface area (Å²) < 4.78 is 0. The lowest BCUT2D eigenvalue weighted by molar-refractivity contribution is -0.0962. The van der Waals surface area contributed by atoms with E-state index in [1.807, 2.05) is 6.08 Å². The normalized spacial score (nSPS) is 53.2. The van der Waals surface area contributed by atoms with Gasteiger partial charge in [-0.05, 0) is 73.7 Å². The number of fused-ring (bicyclic) bond motifs is 5. The monoisotopic (exact) mass is 298 g/mol. The second kappa shape index (κ2) is 4.60. The molecule has 2 saturated carbocycles. The lowest BCUT2D eigenvalue weighted by Crippen LogP contribution is -2.53. The minimum Gasteiger partial charge on any atom is -0.385 e. The third-order valence-corrected chi connectivity index (χ3v) is 8.21. The van der Waals surface area contributed by atoms with E-state index in [4.69, 9.17) is 0 Å². The summed E-state index contributed by atoms with van der Waals surface area (Å²) in [4.78, 5) is 0. The smallest absolute Gasteiger partial charge is 0.0881 e. The third kappa shape index (κ3) is 1.64. The van der Waals surface area contributed by atoms with Crippen molar-refractivity contribution in [1.29, 1.82) is 0 Å². The Morgan fingerprint density at radius 1 is 1.18 bits per heavy atom. The molecule has 0 aromatic carbocycles. The van der Waals surface area contributed by atoms with Crippen molar-refractivity contribution in [2.45, 2.75) is 64.4 Å². The van der Waals surface area contributed by atoms with Crippen molar-refractivity contribution in [3.05, 3.63) is 36.5 Å². The zero-order valence-corrected chi connectivity index (χ0v) is 14.1. The molecule has 1 N–H and O–H groups in total. The van der Waals surface area contributed by atoms with Gasteiger partial charge in [-0.25, -0.2) is 0 Å². The quantitative estimate of drug-likeness (QED) is 0.673. The van der Waals surface area contributed by atoms with E-state index in [2.05, 4.69) is 38.7 Å². The first kappa shape index (κ1) is 14.8. The first-order valence-electron chi connectivity index (χ1n) is 9.18. The molecule has 1 nitrogen and oxygen atoms in total. The SMILES string of the molecule is C=C[C@]1(O)CC[C@H]2[C@@H]3CC=C4C=CCC[C@]4(C)[C@H]3CC[C@@]21C. The van der Waals surface area contributed by atoms with Gasteiger partial charge >= 0.3 is 0 Å². The van der Waals surface area contributed by atoms with Crippen molar-refractivity contribution in [2.75, 3.05) is 0 Å². The van der Waals surface area contributed by atoms with Crippen LogP contribution >= 0.6 is 0 Å². The zero-order valence-electron chi connectivity index (χ0n) is 14.1. The van der Waals surface area contributed by atoms with Crippen molar-refractivity contribution in [1.82, 2.24) is 0 Å². The van der Waals surface area contributed by atoms with Gasteiger partial charge in [0.15, 0.2) is 0 Å². The largest absolute Gasteiger partial charge is 0.385 e. The Bertz CT molecular complexity index is 558. The minimum atomic E-state index is -0.639. The molecule has 4 aliphatic rings. The summed E-state index contributed by atoms with van der Waals surface area (Å²) in [5.74, 6) is 2.23. The molecule has 0 radical (unpaired) electrons. The van der Waals surface area contributed by atoms with Crippen molar-refractivity contribution >= 4 is 0 Å². The van der Waals surface area contributed by atoms with Gasteiger partial charge in [-0.15, -0.1) is 6.58 Å². The Hall–Kier alpha value is -0.820.